The van der Waals surface area contributed by atoms with E-state index in [9.17, 15) is 22.0 Å². The minimum absolute atomic E-state index is 0.0296. The highest BCUT2D eigenvalue weighted by molar-refractivity contribution is 7.98. The van der Waals surface area contributed by atoms with Crippen LogP contribution in [0.5, 0.6) is 5.88 Å². The van der Waals surface area contributed by atoms with Gasteiger partial charge in [0.15, 0.2) is 16.8 Å². The Labute approximate surface area is 218 Å². The van der Waals surface area contributed by atoms with Gasteiger partial charge in [-0.2, -0.15) is 22.4 Å². The van der Waals surface area contributed by atoms with Crippen LogP contribution in [0, 0.1) is 11.6 Å². The van der Waals surface area contributed by atoms with E-state index in [1.165, 1.54) is 22.5 Å². The molecule has 2 heterocycles. The first-order valence-electron chi connectivity index (χ1n) is 11.3. The SMILES string of the molecule is CC(C)(Cc1cc(OCCO)nc(SCc2cccc(F)c2F)n1)NS(=O)(=O)N1CCN(C(=O)O)CC1. The first kappa shape index (κ1) is 29.0. The highest BCUT2D eigenvalue weighted by Gasteiger charge is 2.33. The fourth-order valence-electron chi connectivity index (χ4n) is 3.65. The number of hydrogen-bond acceptors (Lipinski definition) is 8. The third-order valence-electron chi connectivity index (χ3n) is 5.34. The van der Waals surface area contributed by atoms with Gasteiger partial charge in [0.2, 0.25) is 5.88 Å². The summed E-state index contributed by atoms with van der Waals surface area (Å²) in [5.41, 5.74) is -0.455. The van der Waals surface area contributed by atoms with Gasteiger partial charge in [0.1, 0.15) is 6.61 Å². The molecule has 1 aliphatic rings. The molecular formula is C22H29F2N5O6S2. The molecule has 1 saturated heterocycles. The second-order valence-corrected chi connectivity index (χ2v) is 11.5. The monoisotopic (exact) mass is 561 g/mol. The van der Waals surface area contributed by atoms with Crippen LogP contribution in [0.25, 0.3) is 0 Å². The zero-order valence-electron chi connectivity index (χ0n) is 20.4. The number of nitrogens with zero attached hydrogens (tertiary/aromatic N) is 4. The Bertz CT molecular complexity index is 1210. The number of aliphatic hydroxyl groups is 1. The maximum absolute atomic E-state index is 14.0. The molecule has 1 fully saturated rings. The van der Waals surface area contributed by atoms with Gasteiger partial charge in [-0.15, -0.1) is 0 Å². The van der Waals surface area contributed by atoms with Crippen molar-refractivity contribution in [3.05, 3.63) is 47.2 Å². The van der Waals surface area contributed by atoms with Crippen molar-refractivity contribution in [3.63, 3.8) is 0 Å². The molecule has 1 aromatic heterocycles. The minimum atomic E-state index is -3.93. The second kappa shape index (κ2) is 12.3. The summed E-state index contributed by atoms with van der Waals surface area (Å²) in [5, 5.41) is 18.4. The van der Waals surface area contributed by atoms with Gasteiger partial charge < -0.3 is 19.8 Å². The summed E-state index contributed by atoms with van der Waals surface area (Å²) in [6.45, 7) is 3.26. The zero-order chi connectivity index (χ0) is 27.2. The summed E-state index contributed by atoms with van der Waals surface area (Å²) in [7, 11) is -3.93. The summed E-state index contributed by atoms with van der Waals surface area (Å²) in [5.74, 6) is -1.73. The molecule has 11 nitrogen and oxygen atoms in total. The van der Waals surface area contributed by atoms with Crippen LogP contribution >= 0.6 is 11.8 Å². The maximum Gasteiger partial charge on any atom is 0.407 e. The van der Waals surface area contributed by atoms with Gasteiger partial charge in [0.05, 0.1) is 12.3 Å². The largest absolute Gasteiger partial charge is 0.475 e. The first-order valence-corrected chi connectivity index (χ1v) is 13.8. The highest BCUT2D eigenvalue weighted by atomic mass is 32.2. The average Bonchev–Trinajstić information content (AvgIpc) is 2.82. The molecule has 0 radical (unpaired) electrons. The molecule has 15 heteroatoms. The molecule has 3 N–H and O–H groups in total. The Morgan fingerprint density at radius 2 is 1.92 bits per heavy atom. The molecule has 1 aromatic carbocycles. The van der Waals surface area contributed by atoms with Gasteiger partial charge >= 0.3 is 6.09 Å². The lowest BCUT2D eigenvalue weighted by Gasteiger charge is -2.35. The fourth-order valence-corrected chi connectivity index (χ4v) is 6.04. The van der Waals surface area contributed by atoms with E-state index >= 15 is 0 Å². The third kappa shape index (κ3) is 8.20. The molecule has 1 aliphatic heterocycles. The third-order valence-corrected chi connectivity index (χ3v) is 8.09. The summed E-state index contributed by atoms with van der Waals surface area (Å²) in [6.07, 6.45) is -0.969. The van der Waals surface area contributed by atoms with Crippen LogP contribution in [0.2, 0.25) is 0 Å². The molecule has 0 unspecified atom stereocenters. The predicted molar refractivity (Wildman–Crippen MR) is 132 cm³/mol. The van der Waals surface area contributed by atoms with Crippen molar-refractivity contribution in [3.8, 4) is 5.88 Å². The van der Waals surface area contributed by atoms with Crippen LogP contribution < -0.4 is 9.46 Å². The van der Waals surface area contributed by atoms with Gasteiger partial charge in [-0.05, 0) is 19.9 Å². The van der Waals surface area contributed by atoms with E-state index in [4.69, 9.17) is 14.9 Å². The van der Waals surface area contributed by atoms with E-state index in [1.807, 2.05) is 0 Å². The Kier molecular flexibility index (Phi) is 9.63. The lowest BCUT2D eigenvalue weighted by Crippen LogP contribution is -2.57. The van der Waals surface area contributed by atoms with Crippen LogP contribution in [-0.4, -0.2) is 88.8 Å². The van der Waals surface area contributed by atoms with E-state index < -0.39 is 33.5 Å². The Hall–Kier alpha value is -2.59. The molecule has 0 spiro atoms. The Balaban J connectivity index is 1.73. The van der Waals surface area contributed by atoms with Gasteiger partial charge in [0, 0.05) is 55.5 Å². The number of rotatable bonds is 11. The molecule has 0 saturated carbocycles. The molecule has 204 valence electrons. The van der Waals surface area contributed by atoms with Crippen LogP contribution in [0.15, 0.2) is 29.4 Å². The van der Waals surface area contributed by atoms with Crippen molar-refractivity contribution in [2.24, 2.45) is 0 Å². The lowest BCUT2D eigenvalue weighted by atomic mass is 10.00. The normalized spacial score (nSPS) is 15.1. The number of thioether (sulfide) groups is 1. The van der Waals surface area contributed by atoms with Gasteiger partial charge in [-0.1, -0.05) is 23.9 Å². The van der Waals surface area contributed by atoms with E-state index in [1.54, 1.807) is 13.8 Å². The number of piperazine rings is 1. The van der Waals surface area contributed by atoms with Crippen molar-refractivity contribution >= 4 is 28.1 Å². The van der Waals surface area contributed by atoms with Crippen LogP contribution in [0.4, 0.5) is 13.6 Å². The number of amides is 1. The zero-order valence-corrected chi connectivity index (χ0v) is 22.0. The average molecular weight is 562 g/mol. The summed E-state index contributed by atoms with van der Waals surface area (Å²) >= 11 is 1.05. The molecule has 0 aliphatic carbocycles. The lowest BCUT2D eigenvalue weighted by molar-refractivity contribution is 0.125. The number of aromatic nitrogens is 2. The van der Waals surface area contributed by atoms with Crippen LogP contribution in [0.3, 0.4) is 0 Å². The molecule has 1 amide bonds. The van der Waals surface area contributed by atoms with Crippen molar-refractivity contribution in [1.29, 1.82) is 0 Å². The van der Waals surface area contributed by atoms with Crippen molar-refractivity contribution in [2.75, 3.05) is 39.4 Å². The summed E-state index contributed by atoms with van der Waals surface area (Å²) in [4.78, 5) is 20.9. The topological polar surface area (TPSA) is 145 Å². The van der Waals surface area contributed by atoms with Crippen LogP contribution in [-0.2, 0) is 22.4 Å². The molecule has 2 aromatic rings. The number of carbonyl (C=O) groups is 1. The van der Waals surface area contributed by atoms with Gasteiger partial charge in [-0.3, -0.25) is 0 Å². The molecular weight excluding hydrogens is 532 g/mol. The predicted octanol–water partition coefficient (Wildman–Crippen LogP) is 1.87. The Morgan fingerprint density at radius 1 is 1.22 bits per heavy atom. The number of nitrogens with one attached hydrogen (secondary N) is 1. The second-order valence-electron chi connectivity index (χ2n) is 8.89. The molecule has 0 bridgehead atoms. The van der Waals surface area contributed by atoms with E-state index in [0.29, 0.717) is 5.69 Å². The molecule has 3 rings (SSSR count). The standard InChI is InChI=1S/C22H29F2N5O6S2/c1-22(2,27-37(33,34)29-8-6-28(7-9-29)21(31)32)13-16-12-18(35-11-10-30)26-20(25-16)36-14-15-4-3-5-17(23)19(15)24/h3-5,12,27,30H,6-11,13-14H2,1-2H3,(H,31,32). The number of ether oxygens (including phenoxy) is 1. The first-order chi connectivity index (χ1) is 17.4. The number of benzene rings is 1. The van der Waals surface area contributed by atoms with E-state index in [2.05, 4.69) is 14.7 Å². The highest BCUT2D eigenvalue weighted by Crippen LogP contribution is 2.26. The van der Waals surface area contributed by atoms with Crippen LogP contribution in [0.1, 0.15) is 25.1 Å². The summed E-state index contributed by atoms with van der Waals surface area (Å²) in [6, 6.07) is 5.39. The number of halogens is 2. The van der Waals surface area contributed by atoms with Crippen molar-refractivity contribution < 1.29 is 36.9 Å². The van der Waals surface area contributed by atoms with Gasteiger partial charge in [0.25, 0.3) is 10.2 Å². The number of hydrogen-bond donors (Lipinski definition) is 3. The smallest absolute Gasteiger partial charge is 0.407 e. The molecule has 37 heavy (non-hydrogen) atoms. The van der Waals surface area contributed by atoms with Gasteiger partial charge in [-0.25, -0.2) is 18.6 Å². The number of aliphatic hydroxyl groups excluding tert-OH is 1. The molecule has 0 atom stereocenters. The summed E-state index contributed by atoms with van der Waals surface area (Å²) < 4.78 is 62.7. The van der Waals surface area contributed by atoms with E-state index in [0.717, 1.165) is 22.7 Å². The maximum atomic E-state index is 14.0. The van der Waals surface area contributed by atoms with Crippen molar-refractivity contribution in [1.82, 2.24) is 23.9 Å². The Morgan fingerprint density at radius 3 is 2.57 bits per heavy atom. The minimum Gasteiger partial charge on any atom is -0.475 e. The van der Waals surface area contributed by atoms with E-state index in [-0.39, 0.29) is 68.2 Å². The number of carboxylic acid groups (broad SMARTS) is 1. The van der Waals surface area contributed by atoms with Crippen molar-refractivity contribution in [2.45, 2.75) is 36.7 Å². The fraction of sp³-hybridized carbons (Fsp3) is 0.500. The quantitative estimate of drug-likeness (QED) is 0.277.